The van der Waals surface area contributed by atoms with Crippen molar-refractivity contribution in [2.24, 2.45) is 5.92 Å². The molecule has 0 radical (unpaired) electrons. The van der Waals surface area contributed by atoms with E-state index in [0.717, 1.165) is 26.1 Å². The van der Waals surface area contributed by atoms with E-state index in [0.29, 0.717) is 5.92 Å². The fourth-order valence-electron chi connectivity index (χ4n) is 3.04. The number of amides is 1. The van der Waals surface area contributed by atoms with Crippen LogP contribution >= 0.6 is 0 Å². The number of carbonyl (C=O) groups is 1. The lowest BCUT2D eigenvalue weighted by molar-refractivity contribution is 0.0149. The molecule has 0 aliphatic carbocycles. The summed E-state index contributed by atoms with van der Waals surface area (Å²) in [5.41, 5.74) is -0.390. The second kappa shape index (κ2) is 6.12. The van der Waals surface area contributed by atoms with Crippen LogP contribution in [-0.2, 0) is 4.74 Å². The van der Waals surface area contributed by atoms with Crippen LogP contribution in [0.3, 0.4) is 0 Å². The summed E-state index contributed by atoms with van der Waals surface area (Å²) in [5.74, 6) is 0.624. The Kier molecular flexibility index (Phi) is 4.71. The van der Waals surface area contributed by atoms with Crippen molar-refractivity contribution >= 4 is 6.09 Å². The summed E-state index contributed by atoms with van der Waals surface area (Å²) in [6.07, 6.45) is 4.89. The van der Waals surface area contributed by atoms with E-state index in [1.165, 1.54) is 32.4 Å². The normalized spacial score (nSPS) is 25.6. The number of piperidine rings is 1. The monoisotopic (exact) mass is 268 g/mol. The molecule has 0 spiro atoms. The predicted octanol–water partition coefficient (Wildman–Crippen LogP) is 2.73. The maximum atomic E-state index is 12.1. The maximum Gasteiger partial charge on any atom is 0.410 e. The van der Waals surface area contributed by atoms with E-state index in [1.54, 1.807) is 0 Å². The second-order valence-corrected chi connectivity index (χ2v) is 6.94. The van der Waals surface area contributed by atoms with Gasteiger partial charge in [-0.1, -0.05) is 0 Å². The molecule has 2 fully saturated rings. The first-order valence-corrected chi connectivity index (χ1v) is 7.64. The number of nitrogens with zero attached hydrogens (tertiary/aromatic N) is 2. The quantitative estimate of drug-likeness (QED) is 0.772. The van der Waals surface area contributed by atoms with Crippen molar-refractivity contribution < 1.29 is 9.53 Å². The van der Waals surface area contributed by atoms with E-state index in [2.05, 4.69) is 4.90 Å². The smallest absolute Gasteiger partial charge is 0.410 e. The van der Waals surface area contributed by atoms with Crippen LogP contribution in [0.1, 0.15) is 46.5 Å². The number of rotatable bonds is 2. The molecule has 0 N–H and O–H groups in total. The number of likely N-dealkylation sites (tertiary alicyclic amines) is 2. The molecule has 2 aliphatic rings. The first-order chi connectivity index (χ1) is 8.94. The molecule has 2 rings (SSSR count). The van der Waals surface area contributed by atoms with Gasteiger partial charge in [0.25, 0.3) is 0 Å². The van der Waals surface area contributed by atoms with Gasteiger partial charge in [-0.15, -0.1) is 0 Å². The molecule has 19 heavy (non-hydrogen) atoms. The van der Waals surface area contributed by atoms with Gasteiger partial charge in [0, 0.05) is 19.6 Å². The van der Waals surface area contributed by atoms with Crippen LogP contribution in [-0.4, -0.2) is 54.2 Å². The van der Waals surface area contributed by atoms with Gasteiger partial charge in [0.15, 0.2) is 0 Å². The first kappa shape index (κ1) is 14.6. The highest BCUT2D eigenvalue weighted by molar-refractivity contribution is 5.68. The van der Waals surface area contributed by atoms with E-state index in [4.69, 9.17) is 4.74 Å². The summed E-state index contributed by atoms with van der Waals surface area (Å²) >= 11 is 0. The summed E-state index contributed by atoms with van der Waals surface area (Å²) < 4.78 is 5.47. The predicted molar refractivity (Wildman–Crippen MR) is 76.2 cm³/mol. The Bertz CT molecular complexity index is 306. The molecule has 1 atom stereocenters. The average Bonchev–Trinajstić information content (AvgIpc) is 2.80. The van der Waals surface area contributed by atoms with Crippen LogP contribution in [0.2, 0.25) is 0 Å². The molecule has 0 aromatic carbocycles. The Balaban J connectivity index is 1.80. The zero-order valence-corrected chi connectivity index (χ0v) is 12.7. The Morgan fingerprint density at radius 2 is 1.84 bits per heavy atom. The Morgan fingerprint density at radius 1 is 1.16 bits per heavy atom. The third kappa shape index (κ3) is 4.68. The molecule has 0 unspecified atom stereocenters. The Hall–Kier alpha value is -0.770. The fourth-order valence-corrected chi connectivity index (χ4v) is 3.04. The summed E-state index contributed by atoms with van der Waals surface area (Å²) in [6, 6.07) is 0. The van der Waals surface area contributed by atoms with Gasteiger partial charge in [0.05, 0.1) is 0 Å². The molecular formula is C15H28N2O2. The molecule has 110 valence electrons. The first-order valence-electron chi connectivity index (χ1n) is 7.64. The van der Waals surface area contributed by atoms with Gasteiger partial charge in [0.2, 0.25) is 0 Å². The van der Waals surface area contributed by atoms with Crippen LogP contribution in [0, 0.1) is 5.92 Å². The van der Waals surface area contributed by atoms with Crippen LogP contribution in [0.15, 0.2) is 0 Å². The molecule has 0 bridgehead atoms. The summed E-state index contributed by atoms with van der Waals surface area (Å²) in [7, 11) is 0. The number of ether oxygens (including phenoxy) is 1. The summed E-state index contributed by atoms with van der Waals surface area (Å²) in [4.78, 5) is 16.5. The van der Waals surface area contributed by atoms with Crippen molar-refractivity contribution in [3.63, 3.8) is 0 Å². The Labute approximate surface area is 117 Å². The molecule has 2 saturated heterocycles. The third-order valence-electron chi connectivity index (χ3n) is 3.89. The lowest BCUT2D eigenvalue weighted by atomic mass is 9.98. The summed E-state index contributed by atoms with van der Waals surface area (Å²) in [5, 5.41) is 0. The zero-order chi connectivity index (χ0) is 13.9. The van der Waals surface area contributed by atoms with Crippen molar-refractivity contribution in [3.05, 3.63) is 0 Å². The van der Waals surface area contributed by atoms with Crippen molar-refractivity contribution in [3.8, 4) is 0 Å². The number of carbonyl (C=O) groups excluding carboxylic acids is 1. The zero-order valence-electron chi connectivity index (χ0n) is 12.7. The molecule has 1 amide bonds. The highest BCUT2D eigenvalue weighted by atomic mass is 16.6. The molecule has 0 aromatic heterocycles. The van der Waals surface area contributed by atoms with Gasteiger partial charge in [0.1, 0.15) is 5.60 Å². The lowest BCUT2D eigenvalue weighted by Gasteiger charge is -2.35. The third-order valence-corrected chi connectivity index (χ3v) is 3.89. The maximum absolute atomic E-state index is 12.1. The van der Waals surface area contributed by atoms with Crippen LogP contribution in [0.4, 0.5) is 4.79 Å². The molecule has 0 aromatic rings. The largest absolute Gasteiger partial charge is 0.444 e. The minimum Gasteiger partial charge on any atom is -0.444 e. The van der Waals surface area contributed by atoms with Gasteiger partial charge in [-0.3, -0.25) is 0 Å². The van der Waals surface area contributed by atoms with Crippen molar-refractivity contribution in [1.82, 2.24) is 9.80 Å². The van der Waals surface area contributed by atoms with Crippen LogP contribution in [0.25, 0.3) is 0 Å². The van der Waals surface area contributed by atoms with Gasteiger partial charge in [-0.2, -0.15) is 0 Å². The minimum absolute atomic E-state index is 0.140. The van der Waals surface area contributed by atoms with Gasteiger partial charge >= 0.3 is 6.09 Å². The topological polar surface area (TPSA) is 32.8 Å². The molecule has 0 saturated carbocycles. The van der Waals surface area contributed by atoms with E-state index in [1.807, 2.05) is 25.7 Å². The van der Waals surface area contributed by atoms with E-state index in [9.17, 15) is 4.79 Å². The Morgan fingerprint density at radius 3 is 2.47 bits per heavy atom. The molecule has 2 aliphatic heterocycles. The van der Waals surface area contributed by atoms with E-state index in [-0.39, 0.29) is 11.7 Å². The van der Waals surface area contributed by atoms with Crippen molar-refractivity contribution in [1.29, 1.82) is 0 Å². The van der Waals surface area contributed by atoms with Crippen LogP contribution in [0.5, 0.6) is 0 Å². The van der Waals surface area contributed by atoms with Gasteiger partial charge in [-0.25, -0.2) is 4.79 Å². The summed E-state index contributed by atoms with van der Waals surface area (Å²) in [6.45, 7) is 11.1. The van der Waals surface area contributed by atoms with Gasteiger partial charge < -0.3 is 14.5 Å². The second-order valence-electron chi connectivity index (χ2n) is 6.94. The molecule has 2 heterocycles. The SMILES string of the molecule is CC(C)(C)OC(=O)N1CCC[C@H](CN2CCCC2)C1. The molecule has 4 nitrogen and oxygen atoms in total. The van der Waals surface area contributed by atoms with E-state index < -0.39 is 0 Å². The van der Waals surface area contributed by atoms with E-state index >= 15 is 0 Å². The molecular weight excluding hydrogens is 240 g/mol. The average molecular weight is 268 g/mol. The number of hydrogen-bond acceptors (Lipinski definition) is 3. The molecule has 4 heteroatoms. The lowest BCUT2D eigenvalue weighted by Crippen LogP contribution is -2.45. The van der Waals surface area contributed by atoms with Gasteiger partial charge in [-0.05, 0) is 65.5 Å². The van der Waals surface area contributed by atoms with Crippen molar-refractivity contribution in [2.45, 2.75) is 52.1 Å². The standard InChI is InChI=1S/C15H28N2O2/c1-15(2,3)19-14(18)17-10-6-7-13(12-17)11-16-8-4-5-9-16/h13H,4-12H2,1-3H3/t13-/m1/s1. The highest BCUT2D eigenvalue weighted by Gasteiger charge is 2.28. The fraction of sp³-hybridized carbons (Fsp3) is 0.933. The highest BCUT2D eigenvalue weighted by Crippen LogP contribution is 2.21. The van der Waals surface area contributed by atoms with Crippen LogP contribution < -0.4 is 0 Å². The number of hydrogen-bond donors (Lipinski definition) is 0. The minimum atomic E-state index is -0.390. The van der Waals surface area contributed by atoms with Crippen molar-refractivity contribution in [2.75, 3.05) is 32.7 Å².